The molecule has 200 valence electrons. The van der Waals surface area contributed by atoms with Crippen LogP contribution in [0.2, 0.25) is 0 Å². The summed E-state index contributed by atoms with van der Waals surface area (Å²) in [6.07, 6.45) is 3.59. The van der Waals surface area contributed by atoms with Gasteiger partial charge >= 0.3 is 0 Å². The highest BCUT2D eigenvalue weighted by molar-refractivity contribution is 5.93. The maximum absolute atomic E-state index is 14.6. The molecule has 10 heteroatoms. The number of fused-ring (bicyclic) bond motifs is 1. The molecule has 0 spiro atoms. The second-order valence-corrected chi connectivity index (χ2v) is 9.41. The summed E-state index contributed by atoms with van der Waals surface area (Å²) in [5, 5.41) is 9.25. The predicted octanol–water partition coefficient (Wildman–Crippen LogP) is 4.52. The van der Waals surface area contributed by atoms with E-state index in [4.69, 9.17) is 25.0 Å². The summed E-state index contributed by atoms with van der Waals surface area (Å²) in [6.45, 7) is 4.11. The second-order valence-electron chi connectivity index (χ2n) is 9.41. The lowest BCUT2D eigenvalue weighted by atomic mass is 10.0. The number of hydrogen-bond acceptors (Lipinski definition) is 8. The number of rotatable bonds is 10. The second kappa shape index (κ2) is 11.7. The van der Waals surface area contributed by atoms with Crippen molar-refractivity contribution in [1.82, 2.24) is 19.7 Å². The van der Waals surface area contributed by atoms with Gasteiger partial charge < -0.3 is 30.2 Å². The van der Waals surface area contributed by atoms with Crippen LogP contribution < -0.4 is 20.5 Å². The lowest BCUT2D eigenvalue weighted by Gasteiger charge is -2.32. The Balaban J connectivity index is 1.46. The van der Waals surface area contributed by atoms with E-state index in [9.17, 15) is 4.39 Å². The van der Waals surface area contributed by atoms with Gasteiger partial charge in [-0.3, -0.25) is 0 Å². The van der Waals surface area contributed by atoms with E-state index in [1.54, 1.807) is 32.5 Å². The summed E-state index contributed by atoms with van der Waals surface area (Å²) in [7, 11) is 3.37. The predicted molar refractivity (Wildman–Crippen MR) is 145 cm³/mol. The van der Waals surface area contributed by atoms with Crippen molar-refractivity contribution < 1.29 is 18.6 Å². The fourth-order valence-corrected chi connectivity index (χ4v) is 4.70. The summed E-state index contributed by atoms with van der Waals surface area (Å²) >= 11 is 0. The number of likely N-dealkylation sites (tertiary alicyclic amines) is 1. The summed E-state index contributed by atoms with van der Waals surface area (Å²) < 4.78 is 33.0. The molecule has 3 heterocycles. The third-order valence-corrected chi connectivity index (χ3v) is 6.80. The molecule has 0 amide bonds. The number of aromatic nitrogens is 3. The molecule has 1 fully saturated rings. The lowest BCUT2D eigenvalue weighted by Crippen LogP contribution is -2.40. The number of pyridine rings is 1. The van der Waals surface area contributed by atoms with E-state index < -0.39 is 5.82 Å². The van der Waals surface area contributed by atoms with Gasteiger partial charge in [0.1, 0.15) is 16.9 Å². The largest absolute Gasteiger partial charge is 0.497 e. The van der Waals surface area contributed by atoms with Crippen molar-refractivity contribution in [2.75, 3.05) is 51.5 Å². The van der Waals surface area contributed by atoms with Crippen LogP contribution in [0.15, 0.2) is 54.7 Å². The molecule has 0 radical (unpaired) electrons. The molecule has 5 rings (SSSR count). The Labute approximate surface area is 221 Å². The topological polar surface area (TPSA) is 99.7 Å². The zero-order valence-electron chi connectivity index (χ0n) is 21.7. The maximum atomic E-state index is 14.6. The number of nitrogens with two attached hydrogens (primary N) is 1. The number of hydrogen-bond donors (Lipinski definition) is 2. The van der Waals surface area contributed by atoms with Gasteiger partial charge in [0, 0.05) is 56.8 Å². The van der Waals surface area contributed by atoms with Crippen molar-refractivity contribution in [2.45, 2.75) is 25.4 Å². The van der Waals surface area contributed by atoms with Crippen LogP contribution in [0, 0.1) is 5.82 Å². The number of anilines is 2. The maximum Gasteiger partial charge on any atom is 0.167 e. The molecule has 2 aromatic heterocycles. The van der Waals surface area contributed by atoms with Crippen LogP contribution >= 0.6 is 0 Å². The fourth-order valence-electron chi connectivity index (χ4n) is 4.70. The first-order valence-electron chi connectivity index (χ1n) is 12.7. The van der Waals surface area contributed by atoms with E-state index in [0.717, 1.165) is 50.4 Å². The van der Waals surface area contributed by atoms with Gasteiger partial charge in [-0.2, -0.15) is 5.10 Å². The minimum Gasteiger partial charge on any atom is -0.497 e. The van der Waals surface area contributed by atoms with Crippen LogP contribution in [0.5, 0.6) is 17.2 Å². The Hall–Kier alpha value is -3.89. The molecular formula is C28H33FN6O3. The van der Waals surface area contributed by atoms with Crippen molar-refractivity contribution in [3.8, 4) is 17.2 Å². The number of nitrogen functional groups attached to an aromatic ring is 1. The molecule has 1 aliphatic heterocycles. The summed E-state index contributed by atoms with van der Waals surface area (Å²) in [5.41, 5.74) is 7.75. The standard InChI is InChI=1S/C28H33FN6O3/c1-36-16-15-34-13-10-21(11-14-34)32-27-26-25(38-24-8-5-20(30)17-23(24)29)9-12-31-28(26)35(33-27)18-19-3-6-22(37-2)7-4-19/h3-9,12,17,21H,10-11,13-16,18,30H2,1-2H3,(H,32,33). The van der Waals surface area contributed by atoms with Gasteiger partial charge in [0.25, 0.3) is 0 Å². The first-order valence-corrected chi connectivity index (χ1v) is 12.7. The lowest BCUT2D eigenvalue weighted by molar-refractivity contribution is 0.132. The Bertz CT molecular complexity index is 1370. The Morgan fingerprint density at radius 2 is 1.84 bits per heavy atom. The van der Waals surface area contributed by atoms with Gasteiger partial charge in [-0.1, -0.05) is 12.1 Å². The van der Waals surface area contributed by atoms with Crippen LogP contribution in [-0.4, -0.2) is 66.2 Å². The third kappa shape index (κ3) is 5.81. The molecular weight excluding hydrogens is 487 g/mol. The number of halogens is 1. The summed E-state index contributed by atoms with van der Waals surface area (Å²) in [5.74, 6) is 1.49. The molecule has 38 heavy (non-hydrogen) atoms. The Morgan fingerprint density at radius 1 is 1.05 bits per heavy atom. The molecule has 1 saturated heterocycles. The summed E-state index contributed by atoms with van der Waals surface area (Å²) in [6, 6.07) is 14.2. The monoisotopic (exact) mass is 520 g/mol. The molecule has 0 bridgehead atoms. The number of methoxy groups -OCH3 is 2. The fraction of sp³-hybridized carbons (Fsp3) is 0.357. The Morgan fingerprint density at radius 3 is 2.55 bits per heavy atom. The molecule has 0 atom stereocenters. The van der Waals surface area contributed by atoms with E-state index >= 15 is 0 Å². The average molecular weight is 521 g/mol. The molecule has 9 nitrogen and oxygen atoms in total. The molecule has 0 saturated carbocycles. The van der Waals surface area contributed by atoms with Crippen LogP contribution in [0.25, 0.3) is 11.0 Å². The molecule has 2 aromatic carbocycles. The van der Waals surface area contributed by atoms with Crippen LogP contribution in [0.1, 0.15) is 18.4 Å². The molecule has 0 unspecified atom stereocenters. The van der Waals surface area contributed by atoms with Crippen molar-refractivity contribution >= 4 is 22.5 Å². The zero-order valence-corrected chi connectivity index (χ0v) is 21.7. The molecule has 1 aliphatic rings. The quantitative estimate of drug-likeness (QED) is 0.295. The first-order chi connectivity index (χ1) is 18.5. The van der Waals surface area contributed by atoms with Gasteiger partial charge in [-0.15, -0.1) is 0 Å². The number of benzene rings is 2. The van der Waals surface area contributed by atoms with Crippen molar-refractivity contribution in [3.63, 3.8) is 0 Å². The zero-order chi connectivity index (χ0) is 26.5. The van der Waals surface area contributed by atoms with Gasteiger partial charge in [-0.25, -0.2) is 14.1 Å². The van der Waals surface area contributed by atoms with E-state index in [1.165, 1.54) is 12.1 Å². The van der Waals surface area contributed by atoms with Gasteiger partial charge in [0.15, 0.2) is 23.0 Å². The highest BCUT2D eigenvalue weighted by Gasteiger charge is 2.24. The van der Waals surface area contributed by atoms with E-state index in [1.807, 2.05) is 28.9 Å². The number of nitrogens with zero attached hydrogens (tertiary/aromatic N) is 4. The molecule has 0 aliphatic carbocycles. The molecule has 3 N–H and O–H groups in total. The minimum absolute atomic E-state index is 0.0898. The van der Waals surface area contributed by atoms with Crippen molar-refractivity contribution in [2.24, 2.45) is 0 Å². The van der Waals surface area contributed by atoms with Gasteiger partial charge in [0.05, 0.1) is 20.3 Å². The number of ether oxygens (including phenoxy) is 3. The summed E-state index contributed by atoms with van der Waals surface area (Å²) in [4.78, 5) is 7.03. The highest BCUT2D eigenvalue weighted by atomic mass is 19.1. The van der Waals surface area contributed by atoms with Crippen molar-refractivity contribution in [3.05, 3.63) is 66.1 Å². The van der Waals surface area contributed by atoms with Crippen LogP contribution in [-0.2, 0) is 11.3 Å². The van der Waals surface area contributed by atoms with Gasteiger partial charge in [-0.05, 0) is 42.7 Å². The SMILES string of the molecule is COCCN1CCC(Nc2nn(Cc3ccc(OC)cc3)c3nccc(Oc4ccc(N)cc4F)c23)CC1. The van der Waals surface area contributed by atoms with E-state index in [0.29, 0.717) is 34.8 Å². The normalized spacial score (nSPS) is 14.6. The number of nitrogens with one attached hydrogen (secondary N) is 1. The van der Waals surface area contributed by atoms with E-state index in [2.05, 4.69) is 15.2 Å². The van der Waals surface area contributed by atoms with Crippen LogP contribution in [0.4, 0.5) is 15.9 Å². The number of piperidine rings is 1. The highest BCUT2D eigenvalue weighted by Crippen LogP contribution is 2.36. The smallest absolute Gasteiger partial charge is 0.167 e. The third-order valence-electron chi connectivity index (χ3n) is 6.80. The average Bonchev–Trinajstić information content (AvgIpc) is 3.27. The Kier molecular flexibility index (Phi) is 7.90. The van der Waals surface area contributed by atoms with Gasteiger partial charge in [0.2, 0.25) is 0 Å². The minimum atomic E-state index is -0.529. The molecule has 4 aromatic rings. The first kappa shape index (κ1) is 25.7. The van der Waals surface area contributed by atoms with Crippen LogP contribution in [0.3, 0.4) is 0 Å². The van der Waals surface area contributed by atoms with E-state index in [-0.39, 0.29) is 11.8 Å². The van der Waals surface area contributed by atoms with Crippen molar-refractivity contribution in [1.29, 1.82) is 0 Å².